The number of carbonyl (C=O) groups is 1. The average molecular weight is 311 g/mol. The van der Waals surface area contributed by atoms with Gasteiger partial charge in [-0.15, -0.1) is 0 Å². The molecule has 0 bridgehead atoms. The molecule has 3 nitrogen and oxygen atoms in total. The quantitative estimate of drug-likeness (QED) is 0.788. The zero-order chi connectivity index (χ0) is 16.6. The first-order chi connectivity index (χ1) is 11.1. The number of halogens is 1. The third-order valence-electron chi connectivity index (χ3n) is 4.34. The maximum atomic E-state index is 14.5. The molecule has 0 aromatic heterocycles. The zero-order valence-corrected chi connectivity index (χ0v) is 13.4. The summed E-state index contributed by atoms with van der Waals surface area (Å²) >= 11 is 0. The predicted molar refractivity (Wildman–Crippen MR) is 89.1 cm³/mol. The molecule has 0 amide bonds. The fourth-order valence-electron chi connectivity index (χ4n) is 3.15. The van der Waals surface area contributed by atoms with E-state index in [4.69, 9.17) is 4.74 Å². The van der Waals surface area contributed by atoms with Gasteiger partial charge >= 0.3 is 5.97 Å². The minimum Gasteiger partial charge on any atom is -0.465 e. The van der Waals surface area contributed by atoms with Gasteiger partial charge in [0, 0.05) is 12.6 Å². The molecule has 2 aromatic rings. The van der Waals surface area contributed by atoms with Gasteiger partial charge < -0.3 is 4.74 Å². The Morgan fingerprint density at radius 1 is 1.35 bits per heavy atom. The van der Waals surface area contributed by atoms with Crippen molar-refractivity contribution >= 4 is 17.9 Å². The summed E-state index contributed by atoms with van der Waals surface area (Å²) in [6.45, 7) is 3.76. The van der Waals surface area contributed by atoms with Crippen molar-refractivity contribution in [1.82, 2.24) is 0 Å². The maximum Gasteiger partial charge on any atom is 0.341 e. The second kappa shape index (κ2) is 5.95. The van der Waals surface area contributed by atoms with Crippen molar-refractivity contribution in [3.63, 3.8) is 0 Å². The van der Waals surface area contributed by atoms with Crippen LogP contribution < -0.4 is 0 Å². The highest BCUT2D eigenvalue weighted by Crippen LogP contribution is 2.35. The number of aliphatic imine (C=N–C) groups is 1. The van der Waals surface area contributed by atoms with Crippen molar-refractivity contribution in [1.29, 1.82) is 0 Å². The monoisotopic (exact) mass is 311 g/mol. The molecule has 3 rings (SSSR count). The first-order valence-corrected chi connectivity index (χ1v) is 7.63. The number of ether oxygens (including phenoxy) is 1. The highest BCUT2D eigenvalue weighted by atomic mass is 19.1. The van der Waals surface area contributed by atoms with Gasteiger partial charge in [-0.2, -0.15) is 0 Å². The standard InChI is InChI=1S/C19H18FNO2/c1-4-14-11(2)18(19(22)23-3)16(20)10-15(14)13-6-5-12-7-8-21-17(12)9-13/h5-6,8-10H,4,7H2,1-3H3. The SMILES string of the molecule is CCc1c(-c2ccc3c(c2)N=CC3)cc(F)c(C(=O)OC)c1C. The van der Waals surface area contributed by atoms with Crippen LogP contribution in [0.15, 0.2) is 29.3 Å². The van der Waals surface area contributed by atoms with Gasteiger partial charge in [0.15, 0.2) is 0 Å². The van der Waals surface area contributed by atoms with Crippen LogP contribution in [0.25, 0.3) is 11.1 Å². The molecule has 23 heavy (non-hydrogen) atoms. The largest absolute Gasteiger partial charge is 0.465 e. The molecule has 0 unspecified atom stereocenters. The Morgan fingerprint density at radius 3 is 2.83 bits per heavy atom. The zero-order valence-electron chi connectivity index (χ0n) is 13.4. The second-order valence-electron chi connectivity index (χ2n) is 5.59. The molecule has 0 N–H and O–H groups in total. The van der Waals surface area contributed by atoms with Gasteiger partial charge in [0.1, 0.15) is 5.82 Å². The first kappa shape index (κ1) is 15.4. The molecular weight excluding hydrogens is 293 g/mol. The number of hydrogen-bond acceptors (Lipinski definition) is 3. The molecule has 0 radical (unpaired) electrons. The number of benzene rings is 2. The Labute approximate surface area is 134 Å². The highest BCUT2D eigenvalue weighted by Gasteiger charge is 2.21. The van der Waals surface area contributed by atoms with Crippen molar-refractivity contribution in [2.45, 2.75) is 26.7 Å². The average Bonchev–Trinajstić information content (AvgIpc) is 3.01. The van der Waals surface area contributed by atoms with Crippen molar-refractivity contribution in [2.75, 3.05) is 7.11 Å². The lowest BCUT2D eigenvalue weighted by Gasteiger charge is -2.16. The normalized spacial score (nSPS) is 12.3. The molecule has 118 valence electrons. The van der Waals surface area contributed by atoms with Crippen LogP contribution in [-0.4, -0.2) is 19.3 Å². The topological polar surface area (TPSA) is 38.7 Å². The van der Waals surface area contributed by atoms with Crippen molar-refractivity contribution in [3.05, 3.63) is 52.3 Å². The summed E-state index contributed by atoms with van der Waals surface area (Å²) in [5, 5.41) is 0. The summed E-state index contributed by atoms with van der Waals surface area (Å²) in [6.07, 6.45) is 3.41. The van der Waals surface area contributed by atoms with E-state index in [0.29, 0.717) is 12.0 Å². The second-order valence-corrected chi connectivity index (χ2v) is 5.59. The van der Waals surface area contributed by atoms with Crippen LogP contribution >= 0.6 is 0 Å². The number of carbonyl (C=O) groups excluding carboxylic acids is 1. The maximum absolute atomic E-state index is 14.5. The van der Waals surface area contributed by atoms with Gasteiger partial charge in [0.2, 0.25) is 0 Å². The lowest BCUT2D eigenvalue weighted by Crippen LogP contribution is -2.10. The van der Waals surface area contributed by atoms with E-state index in [1.807, 2.05) is 31.3 Å². The molecule has 0 atom stereocenters. The van der Waals surface area contributed by atoms with Gasteiger partial charge in [-0.3, -0.25) is 4.99 Å². The van der Waals surface area contributed by atoms with E-state index in [2.05, 4.69) is 4.99 Å². The molecule has 0 fully saturated rings. The summed E-state index contributed by atoms with van der Waals surface area (Å²) in [6, 6.07) is 7.42. The van der Waals surface area contributed by atoms with Crippen molar-refractivity contribution in [3.8, 4) is 11.1 Å². The number of methoxy groups -OCH3 is 1. The van der Waals surface area contributed by atoms with Gasteiger partial charge in [-0.05, 0) is 53.3 Å². The molecule has 2 aromatic carbocycles. The van der Waals surface area contributed by atoms with Crippen LogP contribution in [-0.2, 0) is 17.6 Å². The molecule has 0 saturated carbocycles. The summed E-state index contributed by atoms with van der Waals surface area (Å²) in [5.74, 6) is -1.19. The van der Waals surface area contributed by atoms with Gasteiger partial charge in [-0.25, -0.2) is 9.18 Å². The number of hydrogen-bond donors (Lipinski definition) is 0. The molecule has 0 spiro atoms. The van der Waals surface area contributed by atoms with E-state index in [0.717, 1.165) is 28.8 Å². The lowest BCUT2D eigenvalue weighted by molar-refractivity contribution is 0.0594. The summed E-state index contributed by atoms with van der Waals surface area (Å²) in [5.41, 5.74) is 5.44. The number of fused-ring (bicyclic) bond motifs is 1. The molecule has 0 saturated heterocycles. The van der Waals surface area contributed by atoms with Crippen molar-refractivity contribution < 1.29 is 13.9 Å². The molecule has 1 heterocycles. The van der Waals surface area contributed by atoms with E-state index in [1.54, 1.807) is 6.92 Å². The van der Waals surface area contributed by atoms with Crippen LogP contribution in [0.4, 0.5) is 10.1 Å². The Hall–Kier alpha value is -2.49. The van der Waals surface area contributed by atoms with E-state index < -0.39 is 11.8 Å². The predicted octanol–water partition coefficient (Wildman–Crippen LogP) is 4.41. The minimum absolute atomic E-state index is 0.0206. The Morgan fingerprint density at radius 2 is 2.13 bits per heavy atom. The van der Waals surface area contributed by atoms with Gasteiger partial charge in [0.05, 0.1) is 18.4 Å². The molecule has 1 aliphatic rings. The number of rotatable bonds is 3. The minimum atomic E-state index is -0.639. The highest BCUT2D eigenvalue weighted by molar-refractivity contribution is 5.93. The van der Waals surface area contributed by atoms with Crippen LogP contribution in [0.2, 0.25) is 0 Å². The van der Waals surface area contributed by atoms with E-state index >= 15 is 0 Å². The molecule has 4 heteroatoms. The van der Waals surface area contributed by atoms with Crippen LogP contribution in [0.5, 0.6) is 0 Å². The fraction of sp³-hybridized carbons (Fsp3) is 0.263. The van der Waals surface area contributed by atoms with E-state index in [9.17, 15) is 9.18 Å². The summed E-state index contributed by atoms with van der Waals surface area (Å²) in [4.78, 5) is 16.2. The van der Waals surface area contributed by atoms with Crippen molar-refractivity contribution in [2.24, 2.45) is 4.99 Å². The molecule has 1 aliphatic heterocycles. The Balaban J connectivity index is 2.20. The van der Waals surface area contributed by atoms with Crippen LogP contribution in [0, 0.1) is 12.7 Å². The fourth-order valence-corrected chi connectivity index (χ4v) is 3.15. The first-order valence-electron chi connectivity index (χ1n) is 7.63. The van der Waals surface area contributed by atoms with Crippen LogP contribution in [0.3, 0.4) is 0 Å². The van der Waals surface area contributed by atoms with Crippen LogP contribution in [0.1, 0.15) is 34.0 Å². The molecule has 0 aliphatic carbocycles. The Kier molecular flexibility index (Phi) is 3.99. The third kappa shape index (κ3) is 2.54. The number of esters is 1. The van der Waals surface area contributed by atoms with E-state index in [-0.39, 0.29) is 5.56 Å². The third-order valence-corrected chi connectivity index (χ3v) is 4.34. The lowest BCUT2D eigenvalue weighted by atomic mass is 9.90. The Bertz CT molecular complexity index is 825. The van der Waals surface area contributed by atoms with Gasteiger partial charge in [-0.1, -0.05) is 19.1 Å². The summed E-state index contributed by atoms with van der Waals surface area (Å²) in [7, 11) is 1.26. The van der Waals surface area contributed by atoms with E-state index in [1.165, 1.54) is 18.7 Å². The number of nitrogens with zero attached hydrogens (tertiary/aromatic N) is 1. The molecular formula is C19H18FNO2. The van der Waals surface area contributed by atoms with Gasteiger partial charge in [0.25, 0.3) is 0 Å². The summed E-state index contributed by atoms with van der Waals surface area (Å²) < 4.78 is 19.2. The smallest absolute Gasteiger partial charge is 0.341 e.